The number of benzene rings is 2. The van der Waals surface area contributed by atoms with E-state index in [9.17, 15) is 8.78 Å². The van der Waals surface area contributed by atoms with Crippen LogP contribution in [-0.2, 0) is 32.7 Å². The topological polar surface area (TPSA) is 62.9 Å². The molecule has 0 amide bonds. The number of hydrogen-bond acceptors (Lipinski definition) is 5. The van der Waals surface area contributed by atoms with Gasteiger partial charge in [0.1, 0.15) is 11.6 Å². The van der Waals surface area contributed by atoms with Crippen molar-refractivity contribution in [1.29, 1.82) is 0 Å². The van der Waals surface area contributed by atoms with Gasteiger partial charge in [0.15, 0.2) is 0 Å². The Morgan fingerprint density at radius 2 is 1.28 bits per heavy atom. The molecule has 36 heavy (non-hydrogen) atoms. The Morgan fingerprint density at radius 1 is 0.750 bits per heavy atom. The molecular formula is C25H32ClF2N7V. The zero-order chi connectivity index (χ0) is 24.8. The van der Waals surface area contributed by atoms with Gasteiger partial charge in [0.05, 0.1) is 22.1 Å². The van der Waals surface area contributed by atoms with Crippen LogP contribution in [0.25, 0.3) is 22.1 Å². The molecule has 0 atom stereocenters. The summed E-state index contributed by atoms with van der Waals surface area (Å²) >= 11 is 5.73. The van der Waals surface area contributed by atoms with E-state index in [1.165, 1.54) is 56.6 Å². The van der Waals surface area contributed by atoms with E-state index in [0.29, 0.717) is 10.8 Å². The summed E-state index contributed by atoms with van der Waals surface area (Å²) in [7, 11) is 3.76. The van der Waals surface area contributed by atoms with Crippen molar-refractivity contribution in [2.45, 2.75) is 19.3 Å². The largest absolute Gasteiger partial charge is 0.340 e. The van der Waals surface area contributed by atoms with Crippen molar-refractivity contribution in [2.75, 3.05) is 44.2 Å². The van der Waals surface area contributed by atoms with Crippen LogP contribution in [-0.4, -0.2) is 58.4 Å². The fraction of sp³-hybridized carbons (Fsp3) is 0.440. The minimum Gasteiger partial charge on any atom is -0.340 e. The molecule has 2 aliphatic rings. The van der Waals surface area contributed by atoms with Gasteiger partial charge in [-0.3, -0.25) is 0 Å². The van der Waals surface area contributed by atoms with E-state index in [0.717, 1.165) is 48.7 Å². The fourth-order valence-corrected chi connectivity index (χ4v) is 4.44. The average molecular weight is 555 g/mol. The van der Waals surface area contributed by atoms with E-state index >= 15 is 0 Å². The van der Waals surface area contributed by atoms with Crippen LogP contribution in [0, 0.1) is 11.6 Å². The second-order valence-corrected chi connectivity index (χ2v) is 9.06. The molecule has 2 aliphatic heterocycles. The van der Waals surface area contributed by atoms with Crippen molar-refractivity contribution < 1.29 is 27.3 Å². The Morgan fingerprint density at radius 3 is 1.81 bits per heavy atom. The number of hydrogen-bond donors (Lipinski definition) is 2. The SMILES string of the molecule is C1CCNCC1.Cn1c(Cl)nc2cc(F)ccc21.Cn1c(N2CCNCC2)nc2cc(F)ccc21.[V]. The van der Waals surface area contributed by atoms with Crippen LogP contribution in [0.15, 0.2) is 36.4 Å². The Kier molecular flexibility index (Phi) is 10.6. The first kappa shape index (κ1) is 28.4. The number of aromatic nitrogens is 4. The third-order valence-corrected chi connectivity index (χ3v) is 6.55. The van der Waals surface area contributed by atoms with Crippen LogP contribution in [0.4, 0.5) is 14.7 Å². The van der Waals surface area contributed by atoms with Crippen molar-refractivity contribution in [1.82, 2.24) is 29.7 Å². The normalized spacial score (nSPS) is 15.5. The monoisotopic (exact) mass is 554 g/mol. The van der Waals surface area contributed by atoms with Crippen LogP contribution >= 0.6 is 11.6 Å². The van der Waals surface area contributed by atoms with Crippen molar-refractivity contribution in [2.24, 2.45) is 14.1 Å². The fourth-order valence-electron chi connectivity index (χ4n) is 4.25. The summed E-state index contributed by atoms with van der Waals surface area (Å²) in [5.41, 5.74) is 3.12. The quantitative estimate of drug-likeness (QED) is 0.368. The van der Waals surface area contributed by atoms with Gasteiger partial charge in [-0.05, 0) is 61.8 Å². The summed E-state index contributed by atoms with van der Waals surface area (Å²) in [6.07, 6.45) is 4.22. The predicted molar refractivity (Wildman–Crippen MR) is 138 cm³/mol. The standard InChI is InChI=1S/C12H15FN4.C8H6ClFN2.C5H11N.V/c1-16-11-3-2-9(13)8-10(11)15-12(16)17-6-4-14-5-7-17;1-12-7-3-2-5(10)4-6(7)11-8(12)9;1-2-4-6-5-3-1;/h2-3,8,14H,4-7H2,1H3;2-4H,1H3;6H,1-5H2;. The van der Waals surface area contributed by atoms with Crippen molar-refractivity contribution in [3.8, 4) is 0 Å². The number of nitrogens with one attached hydrogen (secondary N) is 2. The number of rotatable bonds is 1. The molecule has 193 valence electrons. The maximum atomic E-state index is 13.1. The van der Waals surface area contributed by atoms with Gasteiger partial charge in [-0.1, -0.05) is 6.42 Å². The molecule has 2 saturated heterocycles. The van der Waals surface area contributed by atoms with Crippen LogP contribution in [0.3, 0.4) is 0 Å². The molecule has 2 aromatic heterocycles. The molecule has 0 aliphatic carbocycles. The van der Waals surface area contributed by atoms with E-state index in [2.05, 4.69) is 25.5 Å². The summed E-state index contributed by atoms with van der Waals surface area (Å²) in [5, 5.41) is 6.96. The number of piperazine rings is 1. The Balaban J connectivity index is 0.000000165. The van der Waals surface area contributed by atoms with E-state index < -0.39 is 0 Å². The summed E-state index contributed by atoms with van der Waals surface area (Å²) in [5.74, 6) is 0.395. The zero-order valence-electron chi connectivity index (χ0n) is 20.6. The molecule has 2 aromatic carbocycles. The van der Waals surface area contributed by atoms with Gasteiger partial charge in [-0.2, -0.15) is 0 Å². The number of anilines is 1. The van der Waals surface area contributed by atoms with E-state index in [-0.39, 0.29) is 30.2 Å². The van der Waals surface area contributed by atoms with Crippen molar-refractivity contribution in [3.63, 3.8) is 0 Å². The van der Waals surface area contributed by atoms with Gasteiger partial charge in [0, 0.05) is 71.0 Å². The first-order valence-corrected chi connectivity index (χ1v) is 12.4. The molecule has 2 N–H and O–H groups in total. The second-order valence-electron chi connectivity index (χ2n) is 8.72. The molecule has 6 rings (SSSR count). The summed E-state index contributed by atoms with van der Waals surface area (Å²) in [6, 6.07) is 9.15. The Labute approximate surface area is 227 Å². The zero-order valence-corrected chi connectivity index (χ0v) is 22.8. The van der Waals surface area contributed by atoms with Gasteiger partial charge in [-0.15, -0.1) is 0 Å². The van der Waals surface area contributed by atoms with Gasteiger partial charge in [0.2, 0.25) is 11.2 Å². The number of aryl methyl sites for hydroxylation is 2. The maximum absolute atomic E-state index is 13.1. The molecule has 1 radical (unpaired) electrons. The number of nitrogens with zero attached hydrogens (tertiary/aromatic N) is 5. The number of fused-ring (bicyclic) bond motifs is 2. The molecular weight excluding hydrogens is 523 g/mol. The third kappa shape index (κ3) is 6.98. The molecule has 2 fully saturated rings. The van der Waals surface area contributed by atoms with Crippen molar-refractivity contribution in [3.05, 3.63) is 53.3 Å². The minimum absolute atomic E-state index is 0. The first-order valence-electron chi connectivity index (χ1n) is 12.0. The summed E-state index contributed by atoms with van der Waals surface area (Å²) in [6.45, 7) is 6.33. The third-order valence-electron chi connectivity index (χ3n) is 6.21. The Bertz CT molecular complexity index is 1250. The molecule has 11 heteroatoms. The van der Waals surface area contributed by atoms with Gasteiger partial charge in [0.25, 0.3) is 0 Å². The molecule has 0 spiro atoms. The second kappa shape index (κ2) is 13.4. The van der Waals surface area contributed by atoms with E-state index in [1.807, 2.05) is 11.6 Å². The molecule has 0 saturated carbocycles. The minimum atomic E-state index is -0.294. The van der Waals surface area contributed by atoms with Crippen LogP contribution < -0.4 is 15.5 Å². The summed E-state index contributed by atoms with van der Waals surface area (Å²) < 4.78 is 29.6. The van der Waals surface area contributed by atoms with Crippen LogP contribution in [0.1, 0.15) is 19.3 Å². The van der Waals surface area contributed by atoms with Gasteiger partial charge < -0.3 is 24.7 Å². The van der Waals surface area contributed by atoms with E-state index in [1.54, 1.807) is 23.7 Å². The Hall–Kier alpha value is -2.17. The van der Waals surface area contributed by atoms with Crippen LogP contribution in [0.2, 0.25) is 5.28 Å². The number of halogens is 3. The average Bonchev–Trinajstić information content (AvgIpc) is 3.36. The summed E-state index contributed by atoms with van der Waals surface area (Å²) in [4.78, 5) is 10.7. The van der Waals surface area contributed by atoms with Gasteiger partial charge >= 0.3 is 0 Å². The molecule has 0 unspecified atom stereocenters. The number of imidazole rings is 2. The number of piperidine rings is 1. The smallest absolute Gasteiger partial charge is 0.206 e. The van der Waals surface area contributed by atoms with Crippen LogP contribution in [0.5, 0.6) is 0 Å². The first-order chi connectivity index (χ1) is 16.9. The molecule has 0 bridgehead atoms. The van der Waals surface area contributed by atoms with E-state index in [4.69, 9.17) is 11.6 Å². The van der Waals surface area contributed by atoms with Gasteiger partial charge in [-0.25, -0.2) is 18.7 Å². The molecule has 4 aromatic rings. The van der Waals surface area contributed by atoms with Crippen molar-refractivity contribution >= 4 is 39.6 Å². The predicted octanol–water partition coefficient (Wildman–Crippen LogP) is 4.25. The molecule has 7 nitrogen and oxygen atoms in total. The maximum Gasteiger partial charge on any atom is 0.206 e. The molecule has 4 heterocycles.